The molecule has 1 amide bonds. The molecule has 1 saturated heterocycles. The van der Waals surface area contributed by atoms with Crippen LogP contribution in [0.15, 0.2) is 61.1 Å². The zero-order valence-corrected chi connectivity index (χ0v) is 19.4. The van der Waals surface area contributed by atoms with Crippen molar-refractivity contribution < 1.29 is 18.7 Å². The van der Waals surface area contributed by atoms with Gasteiger partial charge in [0.1, 0.15) is 12.4 Å². The maximum absolute atomic E-state index is 13.8. The van der Waals surface area contributed by atoms with Crippen molar-refractivity contribution in [1.82, 2.24) is 20.4 Å². The van der Waals surface area contributed by atoms with Crippen molar-refractivity contribution in [2.45, 2.75) is 0 Å². The summed E-state index contributed by atoms with van der Waals surface area (Å²) in [5, 5.41) is 2.57. The van der Waals surface area contributed by atoms with E-state index in [4.69, 9.17) is 9.47 Å². The van der Waals surface area contributed by atoms with Crippen molar-refractivity contribution in [3.05, 3.63) is 72.6 Å². The number of benzene rings is 2. The van der Waals surface area contributed by atoms with Gasteiger partial charge in [0.2, 0.25) is 5.95 Å². The Labute approximate surface area is 206 Å². The molecule has 2 aromatic heterocycles. The van der Waals surface area contributed by atoms with Crippen LogP contribution < -0.4 is 20.1 Å². The molecule has 1 N–H and O–H groups in total. The normalized spacial score (nSPS) is 15.4. The number of anilines is 2. The van der Waals surface area contributed by atoms with Crippen LogP contribution >= 0.6 is 0 Å². The number of halogens is 1. The Bertz CT molecular complexity index is 1440. The largest absolute Gasteiger partial charge is 0.489 e. The van der Waals surface area contributed by atoms with Crippen LogP contribution in [0.25, 0.3) is 22.2 Å². The summed E-state index contributed by atoms with van der Waals surface area (Å²) in [6, 6.07) is 13.2. The maximum atomic E-state index is 13.8. The van der Waals surface area contributed by atoms with Crippen LogP contribution in [0, 0.1) is 5.95 Å². The Hall–Kier alpha value is -4.31. The number of nitrogens with one attached hydrogen (secondary N) is 1. The Morgan fingerprint density at radius 2 is 1.83 bits per heavy atom. The van der Waals surface area contributed by atoms with Gasteiger partial charge in [-0.3, -0.25) is 25.2 Å². The van der Waals surface area contributed by atoms with Gasteiger partial charge >= 0.3 is 0 Å². The maximum Gasteiger partial charge on any atom is 0.273 e. The van der Waals surface area contributed by atoms with Crippen LogP contribution in [0.5, 0.6) is 5.75 Å². The summed E-state index contributed by atoms with van der Waals surface area (Å²) < 4.78 is 25.1. The van der Waals surface area contributed by atoms with E-state index in [-0.39, 0.29) is 5.91 Å². The molecule has 1 fully saturated rings. The summed E-state index contributed by atoms with van der Waals surface area (Å²) in [5.74, 6) is -0.229. The average Bonchev–Trinajstić information content (AvgIpc) is 2.92. The summed E-state index contributed by atoms with van der Waals surface area (Å²) in [6.45, 7) is 3.34. The lowest BCUT2D eigenvalue weighted by Crippen LogP contribution is -2.47. The number of nitrogens with zero attached hydrogens (tertiary/aromatic N) is 5. The van der Waals surface area contributed by atoms with E-state index in [1.165, 1.54) is 6.20 Å². The minimum Gasteiger partial charge on any atom is -0.489 e. The molecule has 9 nitrogen and oxygen atoms in total. The van der Waals surface area contributed by atoms with Crippen LogP contribution in [0.4, 0.5) is 15.8 Å². The molecule has 2 aliphatic heterocycles. The number of hydrazine groups is 1. The van der Waals surface area contributed by atoms with Crippen LogP contribution in [-0.2, 0) is 4.74 Å². The summed E-state index contributed by atoms with van der Waals surface area (Å²) >= 11 is 0. The van der Waals surface area contributed by atoms with E-state index in [1.807, 2.05) is 42.5 Å². The van der Waals surface area contributed by atoms with E-state index < -0.39 is 5.95 Å². The number of rotatable bonds is 4. The standard InChI is InChI=1S/C26H23FN6O3/c27-23-16-28-15-20(30-23)17-4-3-5-18-24(17)29-14-19(25(18)32-8-11-35-12-9-32)26(34)31-33-10-13-36-22-7-2-1-6-21(22)33/h1-7,14-16H,8-13H2,(H,31,34). The Balaban J connectivity index is 1.44. The van der Waals surface area contributed by atoms with Crippen molar-refractivity contribution in [1.29, 1.82) is 0 Å². The molecule has 2 aliphatic rings. The van der Waals surface area contributed by atoms with Crippen molar-refractivity contribution >= 4 is 28.2 Å². The Morgan fingerprint density at radius 3 is 2.69 bits per heavy atom. The molecule has 0 aliphatic carbocycles. The second-order valence-corrected chi connectivity index (χ2v) is 8.46. The number of hydrogen-bond donors (Lipinski definition) is 1. The van der Waals surface area contributed by atoms with Gasteiger partial charge in [0.15, 0.2) is 0 Å². The number of para-hydroxylation sites is 3. The molecule has 6 rings (SSSR count). The van der Waals surface area contributed by atoms with E-state index in [0.717, 1.165) is 28.7 Å². The molecule has 10 heteroatoms. The summed E-state index contributed by atoms with van der Waals surface area (Å²) in [4.78, 5) is 28.4. The van der Waals surface area contributed by atoms with E-state index in [2.05, 4.69) is 25.3 Å². The number of fused-ring (bicyclic) bond motifs is 2. The number of carbonyl (C=O) groups excluding carboxylic acids is 1. The number of hydrogen-bond acceptors (Lipinski definition) is 8. The smallest absolute Gasteiger partial charge is 0.273 e. The SMILES string of the molecule is O=C(NN1CCOc2ccccc21)c1cnc2c(-c3cncc(F)n3)cccc2c1N1CCOCC1. The fourth-order valence-corrected chi connectivity index (χ4v) is 4.65. The van der Waals surface area contributed by atoms with Gasteiger partial charge in [-0.1, -0.05) is 30.3 Å². The summed E-state index contributed by atoms with van der Waals surface area (Å²) in [5.41, 5.74) is 6.67. The molecule has 0 saturated carbocycles. The number of carbonyl (C=O) groups is 1. The number of amides is 1. The van der Waals surface area contributed by atoms with Gasteiger partial charge in [-0.25, -0.2) is 4.98 Å². The third-order valence-corrected chi connectivity index (χ3v) is 6.29. The molecule has 0 atom stereocenters. The van der Waals surface area contributed by atoms with Crippen molar-refractivity contribution in [3.63, 3.8) is 0 Å². The lowest BCUT2D eigenvalue weighted by molar-refractivity contribution is 0.0943. The predicted molar refractivity (Wildman–Crippen MR) is 133 cm³/mol. The van der Waals surface area contributed by atoms with Crippen molar-refractivity contribution in [2.24, 2.45) is 0 Å². The Kier molecular flexibility index (Phi) is 5.78. The monoisotopic (exact) mass is 486 g/mol. The van der Waals surface area contributed by atoms with E-state index >= 15 is 0 Å². The van der Waals surface area contributed by atoms with Crippen molar-refractivity contribution in [2.75, 3.05) is 49.4 Å². The number of pyridine rings is 1. The van der Waals surface area contributed by atoms with Gasteiger partial charge in [-0.2, -0.15) is 4.39 Å². The fourth-order valence-electron chi connectivity index (χ4n) is 4.65. The highest BCUT2D eigenvalue weighted by molar-refractivity contribution is 6.10. The van der Waals surface area contributed by atoms with Crippen LogP contribution in [0.2, 0.25) is 0 Å². The first-order valence-corrected chi connectivity index (χ1v) is 11.7. The first kappa shape index (κ1) is 22.2. The van der Waals surface area contributed by atoms with Gasteiger partial charge in [0, 0.05) is 30.2 Å². The topological polar surface area (TPSA) is 92.7 Å². The zero-order valence-electron chi connectivity index (χ0n) is 19.4. The molecule has 2 aromatic carbocycles. The molecule has 0 radical (unpaired) electrons. The van der Waals surface area contributed by atoms with Gasteiger partial charge in [-0.05, 0) is 12.1 Å². The molecule has 4 aromatic rings. The van der Waals surface area contributed by atoms with Crippen LogP contribution in [0.1, 0.15) is 10.4 Å². The predicted octanol–water partition coefficient (Wildman–Crippen LogP) is 3.21. The summed E-state index contributed by atoms with van der Waals surface area (Å²) in [7, 11) is 0. The molecule has 0 unspecified atom stereocenters. The molecule has 0 spiro atoms. The third-order valence-electron chi connectivity index (χ3n) is 6.29. The number of ether oxygens (including phenoxy) is 2. The first-order valence-electron chi connectivity index (χ1n) is 11.7. The van der Waals surface area contributed by atoms with Crippen molar-refractivity contribution in [3.8, 4) is 17.0 Å². The highest BCUT2D eigenvalue weighted by Gasteiger charge is 2.26. The highest BCUT2D eigenvalue weighted by atomic mass is 19.1. The van der Waals surface area contributed by atoms with E-state index in [0.29, 0.717) is 61.8 Å². The first-order chi connectivity index (χ1) is 17.7. The van der Waals surface area contributed by atoms with Gasteiger partial charge in [0.25, 0.3) is 5.91 Å². The number of aromatic nitrogens is 3. The third kappa shape index (κ3) is 4.05. The van der Waals surface area contributed by atoms with Crippen LogP contribution in [0.3, 0.4) is 0 Å². The Morgan fingerprint density at radius 1 is 0.972 bits per heavy atom. The van der Waals surface area contributed by atoms with Crippen LogP contribution in [-0.4, -0.2) is 60.3 Å². The zero-order chi connectivity index (χ0) is 24.5. The fraction of sp³-hybridized carbons (Fsp3) is 0.231. The lowest BCUT2D eigenvalue weighted by Gasteiger charge is -2.33. The highest BCUT2D eigenvalue weighted by Crippen LogP contribution is 2.35. The lowest BCUT2D eigenvalue weighted by atomic mass is 10.0. The summed E-state index contributed by atoms with van der Waals surface area (Å²) in [6.07, 6.45) is 4.14. The van der Waals surface area contributed by atoms with E-state index in [9.17, 15) is 9.18 Å². The molecule has 182 valence electrons. The minimum absolute atomic E-state index is 0.279. The van der Waals surface area contributed by atoms with Gasteiger partial charge in [0.05, 0.1) is 60.3 Å². The average molecular weight is 487 g/mol. The van der Waals surface area contributed by atoms with Gasteiger partial charge < -0.3 is 14.4 Å². The van der Waals surface area contributed by atoms with Gasteiger partial charge in [-0.15, -0.1) is 0 Å². The molecular weight excluding hydrogens is 463 g/mol. The quantitative estimate of drug-likeness (QED) is 0.470. The van der Waals surface area contributed by atoms with E-state index in [1.54, 1.807) is 11.2 Å². The second-order valence-electron chi connectivity index (χ2n) is 8.46. The second kappa shape index (κ2) is 9.38. The molecule has 0 bridgehead atoms. The number of morpholine rings is 1. The minimum atomic E-state index is -0.667. The molecule has 36 heavy (non-hydrogen) atoms. The molecular formula is C26H23FN6O3. The molecule has 4 heterocycles.